The van der Waals surface area contributed by atoms with E-state index in [4.69, 9.17) is 4.74 Å². The van der Waals surface area contributed by atoms with E-state index in [0.717, 1.165) is 11.1 Å². The Morgan fingerprint density at radius 3 is 2.48 bits per heavy atom. The van der Waals surface area contributed by atoms with Gasteiger partial charge in [-0.05, 0) is 28.8 Å². The van der Waals surface area contributed by atoms with E-state index in [9.17, 15) is 4.79 Å². The molecule has 0 saturated carbocycles. The van der Waals surface area contributed by atoms with E-state index in [-0.39, 0.29) is 5.91 Å². The topological polar surface area (TPSA) is 69.0 Å². The summed E-state index contributed by atoms with van der Waals surface area (Å²) in [5.74, 6) is 0.800. The van der Waals surface area contributed by atoms with E-state index in [1.165, 1.54) is 11.8 Å². The maximum absolute atomic E-state index is 12.5. The molecular weight excluding hydrogens is 364 g/mol. The molecule has 4 rings (SSSR count). The fourth-order valence-corrected chi connectivity index (χ4v) is 3.01. The first kappa shape index (κ1) is 18.4. The van der Waals surface area contributed by atoms with Crippen molar-refractivity contribution < 1.29 is 9.53 Å². The van der Waals surface area contributed by atoms with Crippen molar-refractivity contribution in [1.82, 2.24) is 20.1 Å². The van der Waals surface area contributed by atoms with Crippen molar-refractivity contribution in [2.45, 2.75) is 6.54 Å². The summed E-state index contributed by atoms with van der Waals surface area (Å²) in [6.07, 6.45) is 4.95. The van der Waals surface area contributed by atoms with Crippen LogP contribution in [0.3, 0.4) is 0 Å². The van der Waals surface area contributed by atoms with E-state index >= 15 is 0 Å². The summed E-state index contributed by atoms with van der Waals surface area (Å²) in [7, 11) is 1.54. The number of amides is 1. The van der Waals surface area contributed by atoms with E-state index in [0.29, 0.717) is 23.7 Å². The van der Waals surface area contributed by atoms with Gasteiger partial charge in [0, 0.05) is 25.1 Å². The summed E-state index contributed by atoms with van der Waals surface area (Å²) in [5.41, 5.74) is 3.76. The molecule has 0 bridgehead atoms. The Bertz CT molecular complexity index is 1090. The number of carbonyl (C=O) groups excluding carboxylic acids is 1. The fourth-order valence-electron chi connectivity index (χ4n) is 3.01. The molecule has 0 atom stereocenters. The van der Waals surface area contributed by atoms with Crippen LogP contribution in [0.25, 0.3) is 16.9 Å². The second kappa shape index (κ2) is 8.39. The molecule has 1 amide bonds. The van der Waals surface area contributed by atoms with E-state index in [1.807, 2.05) is 30.3 Å². The molecule has 0 saturated heterocycles. The summed E-state index contributed by atoms with van der Waals surface area (Å²) >= 11 is 0. The number of ether oxygens (including phenoxy) is 1. The van der Waals surface area contributed by atoms with Crippen LogP contribution in [0.15, 0.2) is 85.3 Å². The van der Waals surface area contributed by atoms with Crippen molar-refractivity contribution in [2.75, 3.05) is 7.11 Å². The maximum atomic E-state index is 12.5. The smallest absolute Gasteiger partial charge is 0.253 e. The van der Waals surface area contributed by atoms with Gasteiger partial charge in [-0.3, -0.25) is 4.79 Å². The van der Waals surface area contributed by atoms with Crippen molar-refractivity contribution in [2.24, 2.45) is 0 Å². The molecule has 2 heterocycles. The quantitative estimate of drug-likeness (QED) is 0.548. The standard InChI is InChI=1S/C23H20N4O2/c1-29-21-14-20(16-24-22(21)27-13-5-12-26-27)23(28)25-15-17-8-10-19(11-9-17)18-6-3-2-4-7-18/h2-14,16H,15H2,1H3,(H,25,28). The molecule has 0 aliphatic heterocycles. The van der Waals surface area contributed by atoms with Crippen LogP contribution in [-0.4, -0.2) is 27.8 Å². The minimum Gasteiger partial charge on any atom is -0.493 e. The minimum absolute atomic E-state index is 0.213. The Morgan fingerprint density at radius 1 is 1.03 bits per heavy atom. The highest BCUT2D eigenvalue weighted by atomic mass is 16.5. The lowest BCUT2D eigenvalue weighted by Gasteiger charge is -2.10. The summed E-state index contributed by atoms with van der Waals surface area (Å²) in [4.78, 5) is 16.9. The lowest BCUT2D eigenvalue weighted by Crippen LogP contribution is -2.23. The average Bonchev–Trinajstić information content (AvgIpc) is 3.32. The number of aromatic nitrogens is 3. The van der Waals surface area contributed by atoms with Crippen LogP contribution in [0.2, 0.25) is 0 Å². The highest BCUT2D eigenvalue weighted by Crippen LogP contribution is 2.21. The Hall–Kier alpha value is -3.93. The van der Waals surface area contributed by atoms with Gasteiger partial charge in [0.15, 0.2) is 11.6 Å². The first-order chi connectivity index (χ1) is 14.2. The number of benzene rings is 2. The summed E-state index contributed by atoms with van der Waals surface area (Å²) in [6, 6.07) is 21.8. The predicted octanol–water partition coefficient (Wildman–Crippen LogP) is 3.87. The molecule has 0 aliphatic carbocycles. The van der Waals surface area contributed by atoms with E-state index in [2.05, 4.69) is 39.7 Å². The van der Waals surface area contributed by atoms with Crippen LogP contribution < -0.4 is 10.1 Å². The Kier molecular flexibility index (Phi) is 5.33. The van der Waals surface area contributed by atoms with Gasteiger partial charge in [-0.25, -0.2) is 9.67 Å². The second-order valence-corrected chi connectivity index (χ2v) is 6.45. The number of rotatable bonds is 6. The summed E-state index contributed by atoms with van der Waals surface area (Å²) < 4.78 is 6.97. The monoisotopic (exact) mass is 384 g/mol. The molecule has 29 heavy (non-hydrogen) atoms. The highest BCUT2D eigenvalue weighted by Gasteiger charge is 2.13. The first-order valence-corrected chi connectivity index (χ1v) is 9.21. The van der Waals surface area contributed by atoms with E-state index < -0.39 is 0 Å². The zero-order valence-electron chi connectivity index (χ0n) is 15.9. The molecule has 2 aromatic carbocycles. The number of nitrogens with one attached hydrogen (secondary N) is 1. The van der Waals surface area contributed by atoms with Crippen molar-refractivity contribution in [3.63, 3.8) is 0 Å². The summed E-state index contributed by atoms with van der Waals surface area (Å²) in [5, 5.41) is 7.07. The molecule has 2 aromatic heterocycles. The van der Waals surface area contributed by atoms with Gasteiger partial charge in [0.05, 0.1) is 12.7 Å². The largest absolute Gasteiger partial charge is 0.493 e. The van der Waals surface area contributed by atoms with E-state index in [1.54, 1.807) is 36.3 Å². The first-order valence-electron chi connectivity index (χ1n) is 9.21. The predicted molar refractivity (Wildman–Crippen MR) is 111 cm³/mol. The Balaban J connectivity index is 1.43. The molecule has 6 heteroatoms. The van der Waals surface area contributed by atoms with Crippen molar-refractivity contribution in [3.8, 4) is 22.7 Å². The number of pyridine rings is 1. The zero-order chi connectivity index (χ0) is 20.1. The molecule has 4 aromatic rings. The number of methoxy groups -OCH3 is 1. The van der Waals surface area contributed by atoms with Gasteiger partial charge in [-0.1, -0.05) is 54.6 Å². The van der Waals surface area contributed by atoms with Gasteiger partial charge in [0.1, 0.15) is 0 Å². The van der Waals surface area contributed by atoms with Gasteiger partial charge < -0.3 is 10.1 Å². The van der Waals surface area contributed by atoms with Crippen LogP contribution in [0.4, 0.5) is 0 Å². The van der Waals surface area contributed by atoms with Crippen molar-refractivity contribution in [1.29, 1.82) is 0 Å². The fraction of sp³-hybridized carbons (Fsp3) is 0.0870. The van der Waals surface area contributed by atoms with Crippen LogP contribution in [0.5, 0.6) is 5.75 Å². The van der Waals surface area contributed by atoms with Gasteiger partial charge in [0.25, 0.3) is 5.91 Å². The van der Waals surface area contributed by atoms with Crippen LogP contribution >= 0.6 is 0 Å². The average molecular weight is 384 g/mol. The van der Waals surface area contributed by atoms with Gasteiger partial charge in [0.2, 0.25) is 0 Å². The lowest BCUT2D eigenvalue weighted by molar-refractivity contribution is 0.0950. The lowest BCUT2D eigenvalue weighted by atomic mass is 10.0. The zero-order valence-corrected chi connectivity index (χ0v) is 15.9. The molecule has 0 unspecified atom stereocenters. The normalized spacial score (nSPS) is 10.5. The molecule has 0 radical (unpaired) electrons. The Labute approximate surface area is 168 Å². The van der Waals surface area contributed by atoms with Crippen molar-refractivity contribution >= 4 is 5.91 Å². The Morgan fingerprint density at radius 2 is 1.79 bits per heavy atom. The van der Waals surface area contributed by atoms with Gasteiger partial charge in [-0.15, -0.1) is 0 Å². The minimum atomic E-state index is -0.213. The number of hydrogen-bond donors (Lipinski definition) is 1. The molecular formula is C23H20N4O2. The molecule has 6 nitrogen and oxygen atoms in total. The van der Waals surface area contributed by atoms with Gasteiger partial charge >= 0.3 is 0 Å². The van der Waals surface area contributed by atoms with Crippen LogP contribution in [-0.2, 0) is 6.54 Å². The number of hydrogen-bond acceptors (Lipinski definition) is 4. The molecule has 1 N–H and O–H groups in total. The molecule has 0 aliphatic rings. The third kappa shape index (κ3) is 4.16. The second-order valence-electron chi connectivity index (χ2n) is 6.45. The highest BCUT2D eigenvalue weighted by molar-refractivity contribution is 5.94. The van der Waals surface area contributed by atoms with Gasteiger partial charge in [-0.2, -0.15) is 5.10 Å². The van der Waals surface area contributed by atoms with Crippen molar-refractivity contribution in [3.05, 3.63) is 96.4 Å². The number of carbonyl (C=O) groups is 1. The van der Waals surface area contributed by atoms with Crippen LogP contribution in [0, 0.1) is 0 Å². The van der Waals surface area contributed by atoms with Crippen LogP contribution in [0.1, 0.15) is 15.9 Å². The molecule has 144 valence electrons. The third-order valence-electron chi connectivity index (χ3n) is 4.55. The third-order valence-corrected chi connectivity index (χ3v) is 4.55. The molecule has 0 fully saturated rings. The maximum Gasteiger partial charge on any atom is 0.253 e. The summed E-state index contributed by atoms with van der Waals surface area (Å²) in [6.45, 7) is 0.428. The SMILES string of the molecule is COc1cc(C(=O)NCc2ccc(-c3ccccc3)cc2)cnc1-n1cccn1. The molecule has 0 spiro atoms. The number of nitrogens with zero attached hydrogens (tertiary/aromatic N) is 3.